The molecule has 0 atom stereocenters. The molecule has 0 unspecified atom stereocenters. The van der Waals surface area contributed by atoms with Crippen molar-refractivity contribution in [1.82, 2.24) is 14.9 Å². The van der Waals surface area contributed by atoms with Crippen LogP contribution in [0.5, 0.6) is 0 Å². The number of hydrogen-bond donors (Lipinski definition) is 1. The molecule has 30 heavy (non-hydrogen) atoms. The maximum absolute atomic E-state index is 13.1. The summed E-state index contributed by atoms with van der Waals surface area (Å²) >= 11 is 0. The summed E-state index contributed by atoms with van der Waals surface area (Å²) in [4.78, 5) is 22.8. The number of carbonyl (C=O) groups is 1. The van der Waals surface area contributed by atoms with Crippen LogP contribution in [0.1, 0.15) is 40.7 Å². The number of nitrogens with zero attached hydrogens (tertiary/aromatic N) is 2. The third-order valence-corrected chi connectivity index (χ3v) is 5.45. The van der Waals surface area contributed by atoms with E-state index in [1.54, 1.807) is 0 Å². The van der Waals surface area contributed by atoms with Gasteiger partial charge in [0.05, 0.1) is 11.0 Å². The van der Waals surface area contributed by atoms with Crippen molar-refractivity contribution in [3.05, 3.63) is 89.2 Å². The van der Waals surface area contributed by atoms with E-state index in [1.165, 1.54) is 11.1 Å². The number of aromatic amines is 1. The van der Waals surface area contributed by atoms with E-state index in [0.717, 1.165) is 46.5 Å². The minimum absolute atomic E-state index is 0.0802. The van der Waals surface area contributed by atoms with Crippen LogP contribution in [-0.4, -0.2) is 27.3 Å². The highest BCUT2D eigenvalue weighted by atomic mass is 16.2. The Morgan fingerprint density at radius 3 is 2.47 bits per heavy atom. The second-order valence-corrected chi connectivity index (χ2v) is 7.79. The first-order valence-corrected chi connectivity index (χ1v) is 10.5. The molecule has 3 aromatic carbocycles. The summed E-state index contributed by atoms with van der Waals surface area (Å²) in [5.74, 6) is 0.998. The molecule has 4 aromatic rings. The van der Waals surface area contributed by atoms with Crippen molar-refractivity contribution < 1.29 is 4.79 Å². The van der Waals surface area contributed by atoms with Gasteiger partial charge < -0.3 is 9.88 Å². The minimum atomic E-state index is 0.0802. The molecule has 4 nitrogen and oxygen atoms in total. The molecule has 4 rings (SSSR count). The quantitative estimate of drug-likeness (QED) is 0.440. The molecule has 0 radical (unpaired) electrons. The van der Waals surface area contributed by atoms with Crippen molar-refractivity contribution in [2.75, 3.05) is 6.54 Å². The number of aryl methyl sites for hydroxylation is 2. The predicted octanol–water partition coefficient (Wildman–Crippen LogP) is 5.90. The summed E-state index contributed by atoms with van der Waals surface area (Å²) in [6.07, 6.45) is 0.924. The van der Waals surface area contributed by atoms with Gasteiger partial charge in [-0.2, -0.15) is 0 Å². The fourth-order valence-corrected chi connectivity index (χ4v) is 3.83. The molecule has 0 aliphatic heterocycles. The van der Waals surface area contributed by atoms with Crippen molar-refractivity contribution in [3.8, 4) is 11.1 Å². The van der Waals surface area contributed by atoms with Crippen LogP contribution in [-0.2, 0) is 6.54 Å². The predicted molar refractivity (Wildman–Crippen MR) is 122 cm³/mol. The number of imidazole rings is 1. The summed E-state index contributed by atoms with van der Waals surface area (Å²) in [6.45, 7) is 7.52. The SMILES string of the molecule is CCCN(Cc1cc(-c2ccc3nc(C)[nH]c3c2)ccc1C)C(=O)c1ccccc1. The number of amides is 1. The number of hydrogen-bond acceptors (Lipinski definition) is 2. The second kappa shape index (κ2) is 8.54. The molecule has 0 bridgehead atoms. The van der Waals surface area contributed by atoms with Crippen LogP contribution in [0.25, 0.3) is 22.2 Å². The first-order chi connectivity index (χ1) is 14.5. The molecule has 1 aromatic heterocycles. The van der Waals surface area contributed by atoms with E-state index in [2.05, 4.69) is 60.2 Å². The Kier molecular flexibility index (Phi) is 5.66. The van der Waals surface area contributed by atoms with Gasteiger partial charge in [-0.3, -0.25) is 4.79 Å². The molecule has 0 saturated heterocycles. The maximum atomic E-state index is 13.1. The zero-order valence-electron chi connectivity index (χ0n) is 17.8. The Morgan fingerprint density at radius 2 is 1.70 bits per heavy atom. The van der Waals surface area contributed by atoms with Gasteiger partial charge in [-0.1, -0.05) is 43.3 Å². The average Bonchev–Trinajstić information content (AvgIpc) is 3.14. The third-order valence-electron chi connectivity index (χ3n) is 5.45. The molecule has 1 heterocycles. The Morgan fingerprint density at radius 1 is 0.967 bits per heavy atom. The van der Waals surface area contributed by atoms with Crippen molar-refractivity contribution in [1.29, 1.82) is 0 Å². The monoisotopic (exact) mass is 397 g/mol. The normalized spacial score (nSPS) is 11.0. The number of carbonyl (C=O) groups excluding carboxylic acids is 1. The Balaban J connectivity index is 1.65. The number of rotatable bonds is 6. The molecule has 0 fully saturated rings. The van der Waals surface area contributed by atoms with E-state index in [4.69, 9.17) is 0 Å². The Labute approximate surface area is 177 Å². The van der Waals surface area contributed by atoms with E-state index < -0.39 is 0 Å². The zero-order chi connectivity index (χ0) is 21.1. The number of benzene rings is 3. The van der Waals surface area contributed by atoms with Gasteiger partial charge in [0.1, 0.15) is 5.82 Å². The lowest BCUT2D eigenvalue weighted by atomic mass is 9.99. The largest absolute Gasteiger partial charge is 0.342 e. The van der Waals surface area contributed by atoms with Crippen LogP contribution >= 0.6 is 0 Å². The van der Waals surface area contributed by atoms with Gasteiger partial charge in [0, 0.05) is 18.7 Å². The summed E-state index contributed by atoms with van der Waals surface area (Å²) in [5.41, 5.74) is 7.41. The maximum Gasteiger partial charge on any atom is 0.254 e. The second-order valence-electron chi connectivity index (χ2n) is 7.79. The summed E-state index contributed by atoms with van der Waals surface area (Å²) in [7, 11) is 0. The zero-order valence-corrected chi connectivity index (χ0v) is 17.8. The number of fused-ring (bicyclic) bond motifs is 1. The van der Waals surface area contributed by atoms with Crippen LogP contribution in [0.3, 0.4) is 0 Å². The van der Waals surface area contributed by atoms with E-state index in [9.17, 15) is 4.79 Å². The van der Waals surface area contributed by atoms with E-state index in [-0.39, 0.29) is 5.91 Å². The molecule has 0 aliphatic rings. The molecular weight excluding hydrogens is 370 g/mol. The van der Waals surface area contributed by atoms with E-state index in [1.807, 2.05) is 42.2 Å². The lowest BCUT2D eigenvalue weighted by Gasteiger charge is -2.24. The van der Waals surface area contributed by atoms with Crippen molar-refractivity contribution >= 4 is 16.9 Å². The van der Waals surface area contributed by atoms with Gasteiger partial charge in [0.25, 0.3) is 5.91 Å². The van der Waals surface area contributed by atoms with Gasteiger partial charge in [-0.05, 0) is 72.9 Å². The van der Waals surface area contributed by atoms with E-state index in [0.29, 0.717) is 6.54 Å². The van der Waals surface area contributed by atoms with Gasteiger partial charge in [0.2, 0.25) is 0 Å². The van der Waals surface area contributed by atoms with Crippen LogP contribution in [0.4, 0.5) is 0 Å². The van der Waals surface area contributed by atoms with Crippen LogP contribution < -0.4 is 0 Å². The van der Waals surface area contributed by atoms with E-state index >= 15 is 0 Å². The Bertz CT molecular complexity index is 1180. The van der Waals surface area contributed by atoms with Gasteiger partial charge in [0.15, 0.2) is 0 Å². The topological polar surface area (TPSA) is 49.0 Å². The molecular formula is C26H27N3O. The molecule has 0 saturated carbocycles. The lowest BCUT2D eigenvalue weighted by Crippen LogP contribution is -2.31. The highest BCUT2D eigenvalue weighted by Crippen LogP contribution is 2.26. The first kappa shape index (κ1) is 19.9. The lowest BCUT2D eigenvalue weighted by molar-refractivity contribution is 0.0743. The van der Waals surface area contributed by atoms with Crippen LogP contribution in [0, 0.1) is 13.8 Å². The first-order valence-electron chi connectivity index (χ1n) is 10.5. The standard InChI is InChI=1S/C26H27N3O/c1-4-14-29(26(30)20-8-6-5-7-9-20)17-23-15-21(11-10-18(23)2)22-12-13-24-25(16-22)28-19(3)27-24/h5-13,15-16H,4,14,17H2,1-3H3,(H,27,28). The molecule has 152 valence electrons. The number of aromatic nitrogens is 2. The Hall–Kier alpha value is -3.40. The summed E-state index contributed by atoms with van der Waals surface area (Å²) < 4.78 is 0. The average molecular weight is 398 g/mol. The van der Waals surface area contributed by atoms with Crippen molar-refractivity contribution in [2.24, 2.45) is 0 Å². The number of nitrogens with one attached hydrogen (secondary N) is 1. The molecule has 0 aliphatic carbocycles. The van der Waals surface area contributed by atoms with Crippen LogP contribution in [0.15, 0.2) is 66.7 Å². The third kappa shape index (κ3) is 4.13. The highest BCUT2D eigenvalue weighted by molar-refractivity contribution is 5.94. The van der Waals surface area contributed by atoms with Gasteiger partial charge in [-0.25, -0.2) is 4.98 Å². The van der Waals surface area contributed by atoms with Gasteiger partial charge >= 0.3 is 0 Å². The number of H-pyrrole nitrogens is 1. The molecule has 4 heteroatoms. The fourth-order valence-electron chi connectivity index (χ4n) is 3.83. The summed E-state index contributed by atoms with van der Waals surface area (Å²) in [6, 6.07) is 22.3. The van der Waals surface area contributed by atoms with Crippen molar-refractivity contribution in [3.63, 3.8) is 0 Å². The smallest absolute Gasteiger partial charge is 0.254 e. The fraction of sp³-hybridized carbons (Fsp3) is 0.231. The van der Waals surface area contributed by atoms with Gasteiger partial charge in [-0.15, -0.1) is 0 Å². The van der Waals surface area contributed by atoms with Crippen molar-refractivity contribution in [2.45, 2.75) is 33.7 Å². The highest BCUT2D eigenvalue weighted by Gasteiger charge is 2.16. The molecule has 1 amide bonds. The van der Waals surface area contributed by atoms with Crippen LogP contribution in [0.2, 0.25) is 0 Å². The minimum Gasteiger partial charge on any atom is -0.342 e. The molecule has 0 spiro atoms. The summed E-state index contributed by atoms with van der Waals surface area (Å²) in [5, 5.41) is 0. The molecule has 1 N–H and O–H groups in total.